The van der Waals surface area contributed by atoms with Crippen LogP contribution in [0.5, 0.6) is 0 Å². The lowest BCUT2D eigenvalue weighted by molar-refractivity contribution is -0.143. The molecule has 6 heteroatoms. The van der Waals surface area contributed by atoms with E-state index in [1.54, 1.807) is 0 Å². The Morgan fingerprint density at radius 1 is 0.384 bits per heavy atom. The van der Waals surface area contributed by atoms with Crippen molar-refractivity contribution in [1.82, 2.24) is 5.32 Å². The van der Waals surface area contributed by atoms with Crippen molar-refractivity contribution in [2.24, 2.45) is 0 Å². The van der Waals surface area contributed by atoms with Crippen LogP contribution in [0.15, 0.2) is 36.5 Å². The number of unbranched alkanes of at least 4 members (excludes halogenated alkanes) is 44. The molecule has 0 bridgehead atoms. The topological polar surface area (TPSA) is 95.9 Å². The summed E-state index contributed by atoms with van der Waals surface area (Å²) in [5.41, 5.74) is 0. The number of nitrogens with one attached hydrogen (secondary N) is 1. The number of amides is 1. The maximum atomic E-state index is 12.5. The van der Waals surface area contributed by atoms with Crippen molar-refractivity contribution in [3.63, 3.8) is 0 Å². The molecule has 3 N–H and O–H groups in total. The van der Waals surface area contributed by atoms with Gasteiger partial charge in [0.05, 0.1) is 25.4 Å². The monoisotopic (exact) mass is 1030 g/mol. The predicted molar refractivity (Wildman–Crippen MR) is 319 cm³/mol. The van der Waals surface area contributed by atoms with Crippen LogP contribution in [-0.2, 0) is 14.3 Å². The number of hydrogen-bond donors (Lipinski definition) is 3. The maximum absolute atomic E-state index is 12.5. The lowest BCUT2D eigenvalue weighted by atomic mass is 10.0. The highest BCUT2D eigenvalue weighted by molar-refractivity contribution is 5.76. The number of esters is 1. The number of hydrogen-bond acceptors (Lipinski definition) is 5. The number of allylic oxidation sites excluding steroid dienone is 6. The molecule has 0 aliphatic heterocycles. The third-order valence-corrected chi connectivity index (χ3v) is 15.2. The molecule has 0 aromatic carbocycles. The molecule has 73 heavy (non-hydrogen) atoms. The Balaban J connectivity index is 3.40. The molecule has 0 aromatic heterocycles. The first-order valence-electron chi connectivity index (χ1n) is 32.7. The van der Waals surface area contributed by atoms with Crippen molar-refractivity contribution in [1.29, 1.82) is 0 Å². The largest absolute Gasteiger partial charge is 0.466 e. The normalized spacial score (nSPS) is 12.8. The van der Waals surface area contributed by atoms with Gasteiger partial charge < -0.3 is 20.3 Å². The Kier molecular flexibility index (Phi) is 61.0. The second-order valence-electron chi connectivity index (χ2n) is 22.4. The number of rotatable bonds is 61. The average molecular weight is 1030 g/mol. The minimum Gasteiger partial charge on any atom is -0.466 e. The van der Waals surface area contributed by atoms with E-state index in [9.17, 15) is 19.8 Å². The first-order chi connectivity index (χ1) is 36.0. The molecule has 0 fully saturated rings. The van der Waals surface area contributed by atoms with Gasteiger partial charge in [0.1, 0.15) is 0 Å². The van der Waals surface area contributed by atoms with Gasteiger partial charge in [-0.1, -0.05) is 294 Å². The van der Waals surface area contributed by atoms with E-state index in [1.165, 1.54) is 270 Å². The molecule has 0 spiro atoms. The van der Waals surface area contributed by atoms with Gasteiger partial charge in [-0.05, 0) is 83.5 Å². The number of carbonyl (C=O) groups is 2. The van der Waals surface area contributed by atoms with Crippen LogP contribution < -0.4 is 5.32 Å². The minimum atomic E-state index is -0.664. The molecule has 2 unspecified atom stereocenters. The van der Waals surface area contributed by atoms with Gasteiger partial charge in [0.25, 0.3) is 0 Å². The molecule has 0 heterocycles. The maximum Gasteiger partial charge on any atom is 0.305 e. The van der Waals surface area contributed by atoms with E-state index in [0.29, 0.717) is 25.9 Å². The van der Waals surface area contributed by atoms with Crippen LogP contribution in [0.25, 0.3) is 0 Å². The molecule has 0 rings (SSSR count). The van der Waals surface area contributed by atoms with Gasteiger partial charge in [0, 0.05) is 12.8 Å². The molecule has 0 radical (unpaired) electrons. The third-order valence-electron chi connectivity index (χ3n) is 15.2. The molecule has 2 atom stereocenters. The molecule has 6 nitrogen and oxygen atoms in total. The summed E-state index contributed by atoms with van der Waals surface area (Å²) < 4.78 is 5.48. The smallest absolute Gasteiger partial charge is 0.305 e. The van der Waals surface area contributed by atoms with E-state index in [0.717, 1.165) is 51.4 Å². The molecule has 0 saturated carbocycles. The van der Waals surface area contributed by atoms with Crippen molar-refractivity contribution in [3.05, 3.63) is 36.5 Å². The Hall–Kier alpha value is -1.92. The van der Waals surface area contributed by atoms with E-state index >= 15 is 0 Å². The zero-order chi connectivity index (χ0) is 52.9. The van der Waals surface area contributed by atoms with E-state index < -0.39 is 12.1 Å². The van der Waals surface area contributed by atoms with Crippen LogP contribution in [0, 0.1) is 0 Å². The molecule has 0 aliphatic carbocycles. The summed E-state index contributed by atoms with van der Waals surface area (Å²) in [6, 6.07) is -0.542. The fraction of sp³-hybridized carbons (Fsp3) is 0.881. The fourth-order valence-electron chi connectivity index (χ4n) is 10.1. The van der Waals surface area contributed by atoms with Crippen LogP contribution in [-0.4, -0.2) is 47.4 Å². The first-order valence-corrected chi connectivity index (χ1v) is 32.7. The number of carbonyl (C=O) groups excluding carboxylic acids is 2. The molecule has 430 valence electrons. The standard InChI is InChI=1S/C67H127NO5/c1-3-5-7-9-11-13-15-17-37-41-45-49-53-57-61-67(72)73-62-58-54-50-46-42-38-34-32-30-28-26-24-22-20-18-19-21-23-25-27-29-31-33-36-40-44-48-52-56-60-66(71)68-64(63-69)65(70)59-55-51-47-43-39-35-16-14-12-10-8-6-4-2/h15,17-18,20,24,26,64-65,69-70H,3-14,16,19,21-23,25,27-63H2,1-2H3,(H,68,71)/b17-15-,20-18-,26-24-. The third kappa shape index (κ3) is 59.2. The summed E-state index contributed by atoms with van der Waals surface area (Å²) in [6.45, 7) is 4.95. The quantitative estimate of drug-likeness (QED) is 0.0320. The van der Waals surface area contributed by atoms with Crippen molar-refractivity contribution < 1.29 is 24.5 Å². The zero-order valence-electron chi connectivity index (χ0n) is 49.1. The van der Waals surface area contributed by atoms with Crippen LogP contribution in [0.4, 0.5) is 0 Å². The Labute approximate surface area is 455 Å². The SMILES string of the molecule is CCCCCCC/C=C\CCCCCCCC(=O)OCCCCCCCCCCC/C=C\C/C=C\CCCCCCCCCCCCCCCC(=O)NC(CO)C(O)CCCCCCCCCCCCCCC. The number of aliphatic hydroxyl groups excluding tert-OH is 2. The van der Waals surface area contributed by atoms with Crippen LogP contribution in [0.2, 0.25) is 0 Å². The summed E-state index contributed by atoms with van der Waals surface area (Å²) in [5.74, 6) is -0.0314. The van der Waals surface area contributed by atoms with E-state index in [-0.39, 0.29) is 18.5 Å². The summed E-state index contributed by atoms with van der Waals surface area (Å²) in [7, 11) is 0. The second-order valence-corrected chi connectivity index (χ2v) is 22.4. The van der Waals surface area contributed by atoms with Crippen LogP contribution in [0.3, 0.4) is 0 Å². The lowest BCUT2D eigenvalue weighted by Gasteiger charge is -2.22. The Morgan fingerprint density at radius 3 is 1.05 bits per heavy atom. The van der Waals surface area contributed by atoms with Gasteiger partial charge in [0.2, 0.25) is 5.91 Å². The fourth-order valence-corrected chi connectivity index (χ4v) is 10.1. The van der Waals surface area contributed by atoms with Gasteiger partial charge in [-0.25, -0.2) is 0 Å². The van der Waals surface area contributed by atoms with Crippen molar-refractivity contribution in [2.45, 2.75) is 366 Å². The molecular weight excluding hydrogens is 899 g/mol. The Bertz CT molecular complexity index is 1180. The highest BCUT2D eigenvalue weighted by Gasteiger charge is 2.20. The van der Waals surface area contributed by atoms with Crippen LogP contribution >= 0.6 is 0 Å². The van der Waals surface area contributed by atoms with Crippen molar-refractivity contribution in [3.8, 4) is 0 Å². The van der Waals surface area contributed by atoms with Crippen LogP contribution in [0.1, 0.15) is 354 Å². The lowest BCUT2D eigenvalue weighted by Crippen LogP contribution is -2.45. The van der Waals surface area contributed by atoms with E-state index in [4.69, 9.17) is 4.74 Å². The van der Waals surface area contributed by atoms with E-state index in [2.05, 4.69) is 55.6 Å². The highest BCUT2D eigenvalue weighted by Crippen LogP contribution is 2.18. The highest BCUT2D eigenvalue weighted by atomic mass is 16.5. The van der Waals surface area contributed by atoms with Gasteiger partial charge in [-0.3, -0.25) is 9.59 Å². The van der Waals surface area contributed by atoms with Crippen molar-refractivity contribution in [2.75, 3.05) is 13.2 Å². The molecule has 1 amide bonds. The molecule has 0 saturated heterocycles. The minimum absolute atomic E-state index is 0.00354. The molecule has 0 aliphatic rings. The van der Waals surface area contributed by atoms with Gasteiger partial charge in [-0.15, -0.1) is 0 Å². The number of ether oxygens (including phenoxy) is 1. The predicted octanol–water partition coefficient (Wildman–Crippen LogP) is 20.8. The summed E-state index contributed by atoms with van der Waals surface area (Å²) in [6.07, 6.45) is 78.9. The van der Waals surface area contributed by atoms with Crippen molar-refractivity contribution >= 4 is 11.9 Å². The van der Waals surface area contributed by atoms with Gasteiger partial charge >= 0.3 is 5.97 Å². The average Bonchev–Trinajstić information content (AvgIpc) is 3.39. The zero-order valence-corrected chi connectivity index (χ0v) is 49.1. The van der Waals surface area contributed by atoms with E-state index in [1.807, 2.05) is 0 Å². The summed E-state index contributed by atoms with van der Waals surface area (Å²) in [5, 5.41) is 23.3. The second kappa shape index (κ2) is 62.6. The number of aliphatic hydroxyl groups is 2. The summed E-state index contributed by atoms with van der Waals surface area (Å²) >= 11 is 0. The van der Waals surface area contributed by atoms with Gasteiger partial charge in [0.15, 0.2) is 0 Å². The summed E-state index contributed by atoms with van der Waals surface area (Å²) in [4.78, 5) is 24.5. The Morgan fingerprint density at radius 2 is 0.685 bits per heavy atom. The molecular formula is C67H127NO5. The first kappa shape index (κ1) is 71.1. The molecule has 0 aromatic rings. The van der Waals surface area contributed by atoms with Gasteiger partial charge in [-0.2, -0.15) is 0 Å².